The predicted octanol–water partition coefficient (Wildman–Crippen LogP) is 3.25. The highest BCUT2D eigenvalue weighted by atomic mass is 79.9. The van der Waals surface area contributed by atoms with E-state index in [0.29, 0.717) is 6.42 Å². The molecule has 1 aromatic carbocycles. The van der Waals surface area contributed by atoms with E-state index in [2.05, 4.69) is 21.2 Å². The highest BCUT2D eigenvalue weighted by Gasteiger charge is 2.13. The van der Waals surface area contributed by atoms with Gasteiger partial charge in [0.1, 0.15) is 0 Å². The molecule has 5 heteroatoms. The molecule has 0 bridgehead atoms. The minimum Gasteiger partial charge on any atom is -0.324 e. The molecule has 0 heterocycles. The highest BCUT2D eigenvalue weighted by molar-refractivity contribution is 9.10. The van der Waals surface area contributed by atoms with Crippen LogP contribution in [0.1, 0.15) is 25.3 Å². The topological polar surface area (TPSA) is 55.1 Å². The van der Waals surface area contributed by atoms with Crippen molar-refractivity contribution >= 4 is 39.9 Å². The summed E-state index contributed by atoms with van der Waals surface area (Å²) in [5, 5.41) is 2.84. The largest absolute Gasteiger partial charge is 0.324 e. The number of anilines is 1. The summed E-state index contributed by atoms with van der Waals surface area (Å²) in [6, 6.07) is 5.34. The van der Waals surface area contributed by atoms with Gasteiger partial charge in [0.15, 0.2) is 0 Å². The Bertz CT molecular complexity index is 385. The molecule has 17 heavy (non-hydrogen) atoms. The number of hydrogen-bond acceptors (Lipinski definition) is 2. The molecule has 0 spiro atoms. The van der Waals surface area contributed by atoms with E-state index < -0.39 is 6.04 Å². The van der Waals surface area contributed by atoms with E-state index in [1.807, 2.05) is 32.0 Å². The third-order valence-electron chi connectivity index (χ3n) is 2.39. The van der Waals surface area contributed by atoms with Crippen molar-refractivity contribution in [2.75, 3.05) is 5.32 Å². The third kappa shape index (κ3) is 5.06. The zero-order valence-corrected chi connectivity index (χ0v) is 12.4. The smallest absolute Gasteiger partial charge is 0.241 e. The molecule has 1 atom stereocenters. The van der Waals surface area contributed by atoms with Crippen LogP contribution in [0.3, 0.4) is 0 Å². The van der Waals surface area contributed by atoms with Crippen LogP contribution in [-0.4, -0.2) is 11.9 Å². The zero-order valence-electron chi connectivity index (χ0n) is 10.00. The summed E-state index contributed by atoms with van der Waals surface area (Å²) in [5.41, 5.74) is 7.58. The molecule has 3 nitrogen and oxygen atoms in total. The lowest BCUT2D eigenvalue weighted by atomic mass is 10.1. The molecule has 0 aliphatic rings. The second-order valence-corrected chi connectivity index (χ2v) is 4.76. The van der Waals surface area contributed by atoms with Crippen LogP contribution >= 0.6 is 28.3 Å². The lowest BCUT2D eigenvalue weighted by Crippen LogP contribution is -2.35. The molecule has 96 valence electrons. The molecule has 0 radical (unpaired) electrons. The van der Waals surface area contributed by atoms with Gasteiger partial charge in [-0.05, 0) is 31.0 Å². The van der Waals surface area contributed by atoms with E-state index >= 15 is 0 Å². The summed E-state index contributed by atoms with van der Waals surface area (Å²) in [6.45, 7) is 3.96. The van der Waals surface area contributed by atoms with Gasteiger partial charge in [0.2, 0.25) is 5.91 Å². The van der Waals surface area contributed by atoms with Crippen LogP contribution in [0, 0.1) is 6.92 Å². The molecule has 1 aromatic rings. The maximum Gasteiger partial charge on any atom is 0.241 e. The fourth-order valence-corrected chi connectivity index (χ4v) is 1.76. The van der Waals surface area contributed by atoms with Gasteiger partial charge in [0, 0.05) is 10.2 Å². The molecule has 1 unspecified atom stereocenters. The van der Waals surface area contributed by atoms with E-state index in [-0.39, 0.29) is 18.3 Å². The van der Waals surface area contributed by atoms with Gasteiger partial charge < -0.3 is 11.1 Å². The summed E-state index contributed by atoms with van der Waals surface area (Å²) in [7, 11) is 0. The number of rotatable bonds is 4. The van der Waals surface area contributed by atoms with Gasteiger partial charge in [0.25, 0.3) is 0 Å². The first-order valence-electron chi connectivity index (χ1n) is 5.37. The number of carbonyl (C=O) groups is 1. The summed E-state index contributed by atoms with van der Waals surface area (Å²) >= 11 is 3.37. The molecule has 1 amide bonds. The fraction of sp³-hybridized carbons (Fsp3) is 0.417. The fourth-order valence-electron chi connectivity index (χ4n) is 1.40. The van der Waals surface area contributed by atoms with Crippen LogP contribution in [0.25, 0.3) is 0 Å². The molecule has 0 aliphatic carbocycles. The Balaban J connectivity index is 0.00000256. The lowest BCUT2D eigenvalue weighted by Gasteiger charge is -2.13. The second kappa shape index (κ2) is 7.69. The standard InChI is InChI=1S/C12H17BrN2O.ClH/c1-3-4-10(14)12(16)15-11-7-9(13)6-5-8(11)2;/h5-7,10H,3-4,14H2,1-2H3,(H,15,16);1H. The Kier molecular flexibility index (Phi) is 7.43. The molecule has 0 aromatic heterocycles. The summed E-state index contributed by atoms with van der Waals surface area (Å²) in [4.78, 5) is 11.7. The van der Waals surface area contributed by atoms with Crippen LogP contribution in [0.15, 0.2) is 22.7 Å². The van der Waals surface area contributed by atoms with Crippen LogP contribution in [-0.2, 0) is 4.79 Å². The monoisotopic (exact) mass is 320 g/mol. The first-order chi connectivity index (χ1) is 7.54. The molecule has 3 N–H and O–H groups in total. The Hall–Kier alpha value is -0.580. The Labute approximate surface area is 117 Å². The van der Waals surface area contributed by atoms with Crippen LogP contribution in [0.4, 0.5) is 5.69 Å². The minimum atomic E-state index is -0.427. The van der Waals surface area contributed by atoms with Crippen molar-refractivity contribution in [3.8, 4) is 0 Å². The number of amides is 1. The van der Waals surface area contributed by atoms with E-state index in [1.54, 1.807) is 0 Å². The van der Waals surface area contributed by atoms with E-state index in [0.717, 1.165) is 22.1 Å². The number of hydrogen-bond donors (Lipinski definition) is 2. The molecular formula is C12H18BrClN2O. The van der Waals surface area contributed by atoms with Gasteiger partial charge in [-0.15, -0.1) is 12.4 Å². The summed E-state index contributed by atoms with van der Waals surface area (Å²) in [5.74, 6) is -0.122. The van der Waals surface area contributed by atoms with Crippen molar-refractivity contribution in [2.45, 2.75) is 32.7 Å². The highest BCUT2D eigenvalue weighted by Crippen LogP contribution is 2.20. The Morgan fingerprint density at radius 2 is 2.18 bits per heavy atom. The third-order valence-corrected chi connectivity index (χ3v) is 2.89. The normalized spacial score (nSPS) is 11.5. The second-order valence-electron chi connectivity index (χ2n) is 3.84. The van der Waals surface area contributed by atoms with E-state index in [4.69, 9.17) is 5.73 Å². The number of benzene rings is 1. The first-order valence-corrected chi connectivity index (χ1v) is 6.16. The minimum absolute atomic E-state index is 0. The van der Waals surface area contributed by atoms with Crippen LogP contribution in [0.2, 0.25) is 0 Å². The first kappa shape index (κ1) is 16.4. The van der Waals surface area contributed by atoms with Gasteiger partial charge in [-0.2, -0.15) is 0 Å². The van der Waals surface area contributed by atoms with Gasteiger partial charge in [-0.3, -0.25) is 4.79 Å². The summed E-state index contributed by atoms with van der Waals surface area (Å²) < 4.78 is 0.942. The van der Waals surface area contributed by atoms with Crippen molar-refractivity contribution in [3.05, 3.63) is 28.2 Å². The number of nitrogens with two attached hydrogens (primary N) is 1. The SMILES string of the molecule is CCCC(N)C(=O)Nc1cc(Br)ccc1C.Cl. The van der Waals surface area contributed by atoms with Gasteiger partial charge in [-0.25, -0.2) is 0 Å². The number of carbonyl (C=O) groups excluding carboxylic acids is 1. The number of halogens is 2. The van der Waals surface area contributed by atoms with Crippen LogP contribution < -0.4 is 11.1 Å². The van der Waals surface area contributed by atoms with Crippen molar-refractivity contribution in [3.63, 3.8) is 0 Å². The van der Waals surface area contributed by atoms with Gasteiger partial charge in [0.05, 0.1) is 6.04 Å². The van der Waals surface area contributed by atoms with Crippen molar-refractivity contribution in [1.29, 1.82) is 0 Å². The van der Waals surface area contributed by atoms with Crippen LogP contribution in [0.5, 0.6) is 0 Å². The van der Waals surface area contributed by atoms with Crippen molar-refractivity contribution in [1.82, 2.24) is 0 Å². The lowest BCUT2D eigenvalue weighted by molar-refractivity contribution is -0.117. The van der Waals surface area contributed by atoms with Crippen molar-refractivity contribution < 1.29 is 4.79 Å². The number of aryl methyl sites for hydroxylation is 1. The van der Waals surface area contributed by atoms with Gasteiger partial charge in [-0.1, -0.05) is 35.3 Å². The van der Waals surface area contributed by atoms with E-state index in [9.17, 15) is 4.79 Å². The summed E-state index contributed by atoms with van der Waals surface area (Å²) in [6.07, 6.45) is 1.62. The average Bonchev–Trinajstić information content (AvgIpc) is 2.23. The zero-order chi connectivity index (χ0) is 12.1. The van der Waals surface area contributed by atoms with Gasteiger partial charge >= 0.3 is 0 Å². The Morgan fingerprint density at radius 3 is 2.76 bits per heavy atom. The van der Waals surface area contributed by atoms with Crippen molar-refractivity contribution in [2.24, 2.45) is 5.73 Å². The molecular weight excluding hydrogens is 304 g/mol. The molecule has 0 aliphatic heterocycles. The molecule has 1 rings (SSSR count). The number of nitrogens with one attached hydrogen (secondary N) is 1. The Morgan fingerprint density at radius 1 is 1.53 bits per heavy atom. The molecule has 0 saturated heterocycles. The molecule has 0 saturated carbocycles. The average molecular weight is 322 g/mol. The maximum absolute atomic E-state index is 11.7. The predicted molar refractivity (Wildman–Crippen MR) is 77.6 cm³/mol. The maximum atomic E-state index is 11.7. The molecule has 0 fully saturated rings. The van der Waals surface area contributed by atoms with E-state index in [1.165, 1.54) is 0 Å². The quantitative estimate of drug-likeness (QED) is 0.894.